The number of carbonyl (C=O) groups is 5. The zero-order chi connectivity index (χ0) is 46.0. The number of nitrogens with two attached hydrogens (primary N) is 2. The van der Waals surface area contributed by atoms with Crippen LogP contribution in [0.3, 0.4) is 0 Å². The number of likely N-dealkylation sites (N-methyl/N-ethyl adjacent to an activating group) is 1. The number of anilines is 2. The van der Waals surface area contributed by atoms with Crippen LogP contribution < -0.4 is 36.9 Å². The number of nitrogens with zero attached hydrogens (tertiary/aromatic N) is 9. The topological polar surface area (TPSA) is 266 Å². The Kier molecular flexibility index (Phi) is 13.3. The highest BCUT2D eigenvalue weighted by Gasteiger charge is 2.31. The van der Waals surface area contributed by atoms with Crippen LogP contribution in [-0.2, 0) is 24.4 Å². The van der Waals surface area contributed by atoms with E-state index in [1.807, 2.05) is 37.1 Å². The quantitative estimate of drug-likeness (QED) is 0.0727. The Morgan fingerprint density at radius 1 is 0.875 bits per heavy atom. The van der Waals surface area contributed by atoms with Crippen molar-refractivity contribution in [2.45, 2.75) is 72.6 Å². The summed E-state index contributed by atoms with van der Waals surface area (Å²) in [7, 11) is 3.62. The van der Waals surface area contributed by atoms with Gasteiger partial charge in [0.25, 0.3) is 11.8 Å². The number of imidazole rings is 2. The second-order valence-corrected chi connectivity index (χ2v) is 16.5. The molecule has 1 aliphatic heterocycles. The van der Waals surface area contributed by atoms with Crippen molar-refractivity contribution >= 4 is 79.4 Å². The number of aromatic nitrogens is 8. The number of nitrogens with one attached hydrogen (secondary N) is 3. The molecule has 1 atom stereocenters. The van der Waals surface area contributed by atoms with Crippen molar-refractivity contribution in [3.05, 3.63) is 68.7 Å². The lowest BCUT2D eigenvalue weighted by atomic mass is 10.1. The molecule has 0 radical (unpaired) electrons. The molecule has 64 heavy (non-hydrogen) atoms. The van der Waals surface area contributed by atoms with E-state index < -0.39 is 23.6 Å². The van der Waals surface area contributed by atoms with Gasteiger partial charge in [0.2, 0.25) is 29.6 Å². The third kappa shape index (κ3) is 9.27. The molecular weight excluding hydrogens is 892 g/mol. The Morgan fingerprint density at radius 3 is 2.23 bits per heavy atom. The Morgan fingerprint density at radius 2 is 1.55 bits per heavy atom. The molecule has 5 amide bonds. The molecule has 6 aromatic rings. The lowest BCUT2D eigenvalue weighted by Crippen LogP contribution is -2.34. The summed E-state index contributed by atoms with van der Waals surface area (Å²) in [6, 6.07) is 7.54. The predicted octanol–water partition coefficient (Wildman–Crippen LogP) is 3.76. The molecule has 338 valence electrons. The summed E-state index contributed by atoms with van der Waals surface area (Å²) >= 11 is 3.52. The van der Waals surface area contributed by atoms with Gasteiger partial charge in [0, 0.05) is 37.3 Å². The van der Waals surface area contributed by atoms with Crippen LogP contribution in [-0.4, -0.2) is 113 Å². The first-order chi connectivity index (χ1) is 30.6. The van der Waals surface area contributed by atoms with Crippen molar-refractivity contribution in [3.63, 3.8) is 0 Å². The van der Waals surface area contributed by atoms with Crippen molar-refractivity contribution in [1.29, 1.82) is 0 Å². The number of amides is 5. The van der Waals surface area contributed by atoms with Crippen LogP contribution in [0.4, 0.5) is 11.9 Å². The van der Waals surface area contributed by atoms with E-state index >= 15 is 0 Å². The Labute approximate surface area is 375 Å². The van der Waals surface area contributed by atoms with Crippen LogP contribution in [0.2, 0.25) is 0 Å². The number of ether oxygens (including phenoxy) is 2. The number of primary amides is 2. The number of carbonyl (C=O) groups excluding carboxylic acids is 5. The zero-order valence-electron chi connectivity index (χ0n) is 36.5. The average molecular weight is 944 g/mol. The van der Waals surface area contributed by atoms with Gasteiger partial charge in [-0.1, -0.05) is 0 Å². The van der Waals surface area contributed by atoms with Gasteiger partial charge in [-0.25, -0.2) is 9.97 Å². The first-order valence-electron chi connectivity index (χ1n) is 20.8. The number of aryl methyl sites for hydroxylation is 5. The lowest BCUT2D eigenvalue weighted by molar-refractivity contribution is -0.121. The summed E-state index contributed by atoms with van der Waals surface area (Å²) < 4.78 is 20.0. The average Bonchev–Trinajstić information content (AvgIpc) is 3.99. The molecular formula is C42H51BrN14O7. The van der Waals surface area contributed by atoms with Crippen LogP contribution >= 0.6 is 15.9 Å². The van der Waals surface area contributed by atoms with Crippen LogP contribution in [0.1, 0.15) is 92.2 Å². The van der Waals surface area contributed by atoms with Crippen molar-refractivity contribution < 1.29 is 33.4 Å². The summed E-state index contributed by atoms with van der Waals surface area (Å²) in [6.45, 7) is 9.51. The molecule has 5 heterocycles. The molecule has 0 aliphatic carbocycles. The molecule has 1 aliphatic rings. The summed E-state index contributed by atoms with van der Waals surface area (Å²) in [5.74, 6) is -1.22. The Hall–Kier alpha value is -6.81. The molecule has 2 aromatic carbocycles. The Bertz CT molecular complexity index is 2800. The van der Waals surface area contributed by atoms with E-state index in [9.17, 15) is 24.0 Å². The van der Waals surface area contributed by atoms with Crippen LogP contribution in [0, 0.1) is 13.8 Å². The van der Waals surface area contributed by atoms with Crippen molar-refractivity contribution in [2.24, 2.45) is 11.5 Å². The standard InChI is InChI=1S/C42H51BrN14O7/c1-7-55-29(15-22(3)51-55)39(61)49-41-47-27-16-24(37(44)59)18-30(63-14-10-12-46-32(58)20-53(5)6)34(27)54(41)13-9-11-26-21-64-31-19-25(38(45)60)17-28-35(31)57(26)42(48-28)50-40(62)36-33(43)23(4)52-56(36)8-2/h15-19,26H,7-14,20-21H2,1-6H3,(H2,44,59)(H2,45,60)(H,46,58)(H,47,49,61)(H,48,50,62)/t26-/m0/s1. The number of halogens is 1. The lowest BCUT2D eigenvalue weighted by Gasteiger charge is -2.27. The SMILES string of the molecule is CCn1nc(C)cc1C(=O)Nc1nc2cc(C(N)=O)cc(OCCCNC(=O)CN(C)C)c2n1CCC[C@H]1COc2cc(C(N)=O)cc3nc(NC(=O)c4c(Br)c(C)nn4CC)n1c23. The van der Waals surface area contributed by atoms with Gasteiger partial charge in [0.05, 0.1) is 46.1 Å². The zero-order valence-corrected chi connectivity index (χ0v) is 38.0. The normalized spacial score (nSPS) is 13.3. The predicted molar refractivity (Wildman–Crippen MR) is 241 cm³/mol. The van der Waals surface area contributed by atoms with Gasteiger partial charge in [-0.2, -0.15) is 10.2 Å². The minimum absolute atomic E-state index is 0.124. The van der Waals surface area contributed by atoms with Gasteiger partial charge < -0.3 is 40.3 Å². The fraction of sp³-hybridized carbons (Fsp3) is 0.405. The molecule has 22 heteroatoms. The van der Waals surface area contributed by atoms with Crippen molar-refractivity contribution in [2.75, 3.05) is 51.0 Å². The smallest absolute Gasteiger partial charge is 0.277 e. The molecule has 7 N–H and O–H groups in total. The highest BCUT2D eigenvalue weighted by molar-refractivity contribution is 9.10. The monoisotopic (exact) mass is 942 g/mol. The molecule has 0 bridgehead atoms. The number of hydrogen-bond donors (Lipinski definition) is 5. The van der Waals surface area contributed by atoms with Gasteiger partial charge in [-0.15, -0.1) is 0 Å². The fourth-order valence-corrected chi connectivity index (χ4v) is 8.23. The highest BCUT2D eigenvalue weighted by Crippen LogP contribution is 2.39. The third-order valence-electron chi connectivity index (χ3n) is 10.7. The minimum atomic E-state index is -0.693. The van der Waals surface area contributed by atoms with E-state index in [0.717, 1.165) is 0 Å². The maximum atomic E-state index is 13.9. The molecule has 7 rings (SSSR count). The van der Waals surface area contributed by atoms with Gasteiger partial charge in [-0.05, 0) is 107 Å². The number of rotatable bonds is 19. The first-order valence-corrected chi connectivity index (χ1v) is 21.6. The van der Waals surface area contributed by atoms with E-state index in [1.54, 1.807) is 58.4 Å². The fourth-order valence-electron chi connectivity index (χ4n) is 7.77. The van der Waals surface area contributed by atoms with Crippen LogP contribution in [0.15, 0.2) is 34.8 Å². The molecule has 4 aromatic heterocycles. The molecule has 0 saturated heterocycles. The number of benzene rings is 2. The summed E-state index contributed by atoms with van der Waals surface area (Å²) in [6.07, 6.45) is 1.40. The van der Waals surface area contributed by atoms with Crippen LogP contribution in [0.25, 0.3) is 22.1 Å². The highest BCUT2D eigenvalue weighted by atomic mass is 79.9. The van der Waals surface area contributed by atoms with Crippen molar-refractivity contribution in [1.82, 2.24) is 48.9 Å². The molecule has 0 spiro atoms. The van der Waals surface area contributed by atoms with E-state index in [2.05, 4.69) is 42.1 Å². The van der Waals surface area contributed by atoms with E-state index in [1.165, 1.54) is 0 Å². The number of fused-ring (bicyclic) bond motifs is 1. The minimum Gasteiger partial charge on any atom is -0.491 e. The summed E-state index contributed by atoms with van der Waals surface area (Å²) in [4.78, 5) is 76.2. The van der Waals surface area contributed by atoms with Crippen molar-refractivity contribution in [3.8, 4) is 11.5 Å². The maximum Gasteiger partial charge on any atom is 0.277 e. The third-order valence-corrected chi connectivity index (χ3v) is 11.6. The van der Waals surface area contributed by atoms with Crippen LogP contribution in [0.5, 0.6) is 11.5 Å². The van der Waals surface area contributed by atoms with Gasteiger partial charge in [0.1, 0.15) is 40.5 Å². The first kappa shape index (κ1) is 45.2. The number of hydrogen-bond acceptors (Lipinski definition) is 12. The van der Waals surface area contributed by atoms with Gasteiger partial charge >= 0.3 is 0 Å². The van der Waals surface area contributed by atoms with E-state index in [4.69, 9.17) is 30.9 Å². The van der Waals surface area contributed by atoms with Gasteiger partial charge in [-0.3, -0.25) is 44.0 Å². The molecule has 0 unspecified atom stereocenters. The second kappa shape index (κ2) is 18.9. The second-order valence-electron chi connectivity index (χ2n) is 15.7. The van der Waals surface area contributed by atoms with E-state index in [0.29, 0.717) is 99.7 Å². The Balaban J connectivity index is 1.22. The molecule has 0 fully saturated rings. The largest absolute Gasteiger partial charge is 0.491 e. The summed E-state index contributed by atoms with van der Waals surface area (Å²) in [5.41, 5.74) is 15.6. The molecule has 21 nitrogen and oxygen atoms in total. The van der Waals surface area contributed by atoms with E-state index in [-0.39, 0.29) is 61.3 Å². The summed E-state index contributed by atoms with van der Waals surface area (Å²) in [5, 5.41) is 17.7. The molecule has 0 saturated carbocycles. The van der Waals surface area contributed by atoms with Gasteiger partial charge in [0.15, 0.2) is 0 Å². The maximum absolute atomic E-state index is 13.9.